The first-order valence-electron chi connectivity index (χ1n) is 10.9. The van der Waals surface area contributed by atoms with Crippen molar-refractivity contribution < 1.29 is 14.3 Å². The highest BCUT2D eigenvalue weighted by atomic mass is 35.5. The van der Waals surface area contributed by atoms with Gasteiger partial charge in [-0.1, -0.05) is 71.7 Å². The van der Waals surface area contributed by atoms with Crippen molar-refractivity contribution in [2.24, 2.45) is 5.92 Å². The molecule has 0 unspecified atom stereocenters. The molecule has 2 atom stereocenters. The fraction of sp³-hybridized carbons (Fsp3) is 0.192. The number of fused-ring (bicyclic) bond motifs is 3. The zero-order valence-corrected chi connectivity index (χ0v) is 19.8. The van der Waals surface area contributed by atoms with E-state index in [0.717, 1.165) is 16.6 Å². The molecule has 1 amide bonds. The van der Waals surface area contributed by atoms with Crippen molar-refractivity contribution in [2.45, 2.75) is 19.5 Å². The van der Waals surface area contributed by atoms with Crippen LogP contribution in [0.4, 0.5) is 5.95 Å². The minimum absolute atomic E-state index is 0.160. The van der Waals surface area contributed by atoms with Gasteiger partial charge in [0.1, 0.15) is 0 Å². The standard InChI is InChI=1S/C26H21Cl2N3O3/c1-2-34-25(33)22-23(17-12-13-18(27)19(28)14-17)31-21-11-7-6-10-20(21)29-26(31)30(24(22)32)15-16-8-4-3-5-9-16/h3-14,22-23H,2,15H2,1H3/t22-,23-/m0/s1. The molecule has 34 heavy (non-hydrogen) atoms. The van der Waals surface area contributed by atoms with E-state index in [1.807, 2.05) is 59.2 Å². The highest BCUT2D eigenvalue weighted by molar-refractivity contribution is 6.42. The van der Waals surface area contributed by atoms with Crippen molar-refractivity contribution in [3.63, 3.8) is 0 Å². The van der Waals surface area contributed by atoms with Gasteiger partial charge in [-0.15, -0.1) is 0 Å². The molecule has 0 aliphatic carbocycles. The van der Waals surface area contributed by atoms with Gasteiger partial charge >= 0.3 is 5.97 Å². The monoisotopic (exact) mass is 493 g/mol. The summed E-state index contributed by atoms with van der Waals surface area (Å²) < 4.78 is 7.31. The van der Waals surface area contributed by atoms with E-state index >= 15 is 0 Å². The number of anilines is 1. The number of imidazole rings is 1. The topological polar surface area (TPSA) is 64.4 Å². The van der Waals surface area contributed by atoms with Crippen LogP contribution in [0, 0.1) is 5.92 Å². The molecule has 5 rings (SSSR count). The first-order valence-corrected chi connectivity index (χ1v) is 11.7. The molecule has 2 heterocycles. The molecule has 1 aromatic heterocycles. The largest absolute Gasteiger partial charge is 0.465 e. The van der Waals surface area contributed by atoms with Crippen LogP contribution in [0.2, 0.25) is 10.0 Å². The molecule has 0 N–H and O–H groups in total. The third-order valence-electron chi connectivity index (χ3n) is 5.95. The van der Waals surface area contributed by atoms with E-state index in [1.165, 1.54) is 0 Å². The maximum Gasteiger partial charge on any atom is 0.321 e. The molecule has 0 saturated heterocycles. The quantitative estimate of drug-likeness (QED) is 0.265. The van der Waals surface area contributed by atoms with Crippen molar-refractivity contribution >= 4 is 52.1 Å². The zero-order valence-electron chi connectivity index (χ0n) is 18.3. The molecule has 0 fully saturated rings. The fourth-order valence-corrected chi connectivity index (χ4v) is 4.77. The van der Waals surface area contributed by atoms with Crippen LogP contribution in [0.3, 0.4) is 0 Å². The van der Waals surface area contributed by atoms with Crippen molar-refractivity contribution in [3.8, 4) is 0 Å². The molecule has 4 aromatic rings. The van der Waals surface area contributed by atoms with E-state index in [-0.39, 0.29) is 19.1 Å². The van der Waals surface area contributed by atoms with Gasteiger partial charge in [0.15, 0.2) is 5.92 Å². The van der Waals surface area contributed by atoms with Crippen molar-refractivity contribution in [3.05, 3.63) is 94.0 Å². The van der Waals surface area contributed by atoms with Gasteiger partial charge in [-0.2, -0.15) is 0 Å². The molecule has 172 valence electrons. The Hall–Kier alpha value is -3.35. The SMILES string of the molecule is CCOC(=O)[C@@H]1C(=O)N(Cc2ccccc2)c2nc3ccccc3n2[C@H]1c1ccc(Cl)c(Cl)c1. The maximum absolute atomic E-state index is 13.9. The Kier molecular flexibility index (Phi) is 6.02. The third kappa shape index (κ3) is 3.83. The van der Waals surface area contributed by atoms with Crippen LogP contribution in [-0.4, -0.2) is 28.0 Å². The predicted molar refractivity (Wildman–Crippen MR) is 132 cm³/mol. The Balaban J connectivity index is 1.76. The molecule has 0 radical (unpaired) electrons. The van der Waals surface area contributed by atoms with Crippen molar-refractivity contribution in [1.82, 2.24) is 9.55 Å². The lowest BCUT2D eigenvalue weighted by atomic mass is 9.89. The van der Waals surface area contributed by atoms with Crippen LogP contribution < -0.4 is 4.90 Å². The number of ether oxygens (including phenoxy) is 1. The number of esters is 1. The number of carbonyl (C=O) groups excluding carboxylic acids is 2. The number of carbonyl (C=O) groups is 2. The number of rotatable bonds is 5. The number of hydrogen-bond acceptors (Lipinski definition) is 4. The minimum atomic E-state index is -1.12. The summed E-state index contributed by atoms with van der Waals surface area (Å²) in [5.74, 6) is -1.62. The second kappa shape index (κ2) is 9.12. The van der Waals surface area contributed by atoms with Crippen LogP contribution in [0.15, 0.2) is 72.8 Å². The van der Waals surface area contributed by atoms with E-state index in [4.69, 9.17) is 32.9 Å². The average Bonchev–Trinajstić information content (AvgIpc) is 3.22. The molecule has 1 aliphatic heterocycles. The Morgan fingerprint density at radius 1 is 1.00 bits per heavy atom. The Bertz CT molecular complexity index is 1390. The number of halogens is 2. The number of amides is 1. The molecule has 6 nitrogen and oxygen atoms in total. The van der Waals surface area contributed by atoms with Gasteiger partial charge in [0.05, 0.1) is 40.3 Å². The first-order chi connectivity index (χ1) is 16.5. The molecular weight excluding hydrogens is 473 g/mol. The van der Waals surface area contributed by atoms with Crippen LogP contribution in [0.1, 0.15) is 24.1 Å². The minimum Gasteiger partial charge on any atom is -0.465 e. The average molecular weight is 494 g/mol. The normalized spacial score (nSPS) is 17.6. The first kappa shape index (κ1) is 22.4. The van der Waals surface area contributed by atoms with E-state index in [0.29, 0.717) is 21.6 Å². The summed E-state index contributed by atoms with van der Waals surface area (Å²) in [6, 6.07) is 21.7. The molecular formula is C26H21Cl2N3O3. The van der Waals surface area contributed by atoms with E-state index in [9.17, 15) is 9.59 Å². The van der Waals surface area contributed by atoms with Crippen LogP contribution >= 0.6 is 23.2 Å². The lowest BCUT2D eigenvalue weighted by Crippen LogP contribution is -2.49. The third-order valence-corrected chi connectivity index (χ3v) is 6.69. The number of aromatic nitrogens is 2. The fourth-order valence-electron chi connectivity index (χ4n) is 4.46. The summed E-state index contributed by atoms with van der Waals surface area (Å²) in [5.41, 5.74) is 3.11. The Morgan fingerprint density at radius 3 is 2.47 bits per heavy atom. The van der Waals surface area contributed by atoms with E-state index in [2.05, 4.69) is 0 Å². The number of benzene rings is 3. The molecule has 1 aliphatic rings. The van der Waals surface area contributed by atoms with Crippen LogP contribution in [-0.2, 0) is 20.9 Å². The highest BCUT2D eigenvalue weighted by Crippen LogP contribution is 2.42. The number of para-hydroxylation sites is 2. The lowest BCUT2D eigenvalue weighted by Gasteiger charge is -2.38. The van der Waals surface area contributed by atoms with E-state index < -0.39 is 17.9 Å². The summed E-state index contributed by atoms with van der Waals surface area (Å²) in [7, 11) is 0. The van der Waals surface area contributed by atoms with Gasteiger partial charge in [0, 0.05) is 0 Å². The Morgan fingerprint density at radius 2 is 1.74 bits per heavy atom. The number of nitrogens with zero attached hydrogens (tertiary/aromatic N) is 3. The van der Waals surface area contributed by atoms with Gasteiger partial charge < -0.3 is 9.30 Å². The molecule has 0 saturated carbocycles. The predicted octanol–water partition coefficient (Wildman–Crippen LogP) is 5.66. The van der Waals surface area contributed by atoms with Gasteiger partial charge in [0.2, 0.25) is 11.9 Å². The van der Waals surface area contributed by atoms with Gasteiger partial charge in [-0.25, -0.2) is 4.98 Å². The smallest absolute Gasteiger partial charge is 0.321 e. The summed E-state index contributed by atoms with van der Waals surface area (Å²) >= 11 is 12.5. The van der Waals surface area contributed by atoms with Gasteiger partial charge in [0.25, 0.3) is 0 Å². The summed E-state index contributed by atoms with van der Waals surface area (Å²) in [5, 5.41) is 0.730. The second-order valence-electron chi connectivity index (χ2n) is 8.03. The lowest BCUT2D eigenvalue weighted by molar-refractivity contribution is -0.153. The van der Waals surface area contributed by atoms with Crippen molar-refractivity contribution in [1.29, 1.82) is 0 Å². The van der Waals surface area contributed by atoms with Crippen LogP contribution in [0.5, 0.6) is 0 Å². The Labute approximate surface area is 206 Å². The number of hydrogen-bond donors (Lipinski definition) is 0. The summed E-state index contributed by atoms with van der Waals surface area (Å²) in [6.45, 7) is 2.15. The zero-order chi connectivity index (χ0) is 23.8. The second-order valence-corrected chi connectivity index (χ2v) is 8.84. The van der Waals surface area contributed by atoms with E-state index in [1.54, 1.807) is 30.0 Å². The molecule has 0 spiro atoms. The molecule has 8 heteroatoms. The molecule has 0 bridgehead atoms. The van der Waals surface area contributed by atoms with Gasteiger partial charge in [-0.05, 0) is 42.3 Å². The maximum atomic E-state index is 13.9. The summed E-state index contributed by atoms with van der Waals surface area (Å²) in [6.07, 6.45) is 0. The van der Waals surface area contributed by atoms with Crippen molar-refractivity contribution in [2.75, 3.05) is 11.5 Å². The van der Waals surface area contributed by atoms with Crippen LogP contribution in [0.25, 0.3) is 11.0 Å². The summed E-state index contributed by atoms with van der Waals surface area (Å²) in [4.78, 5) is 33.5. The van der Waals surface area contributed by atoms with Gasteiger partial charge in [-0.3, -0.25) is 14.5 Å². The highest BCUT2D eigenvalue weighted by Gasteiger charge is 2.48. The molecule has 3 aromatic carbocycles.